The number of nitrogens with zero attached hydrogens (tertiary/aromatic N) is 9. The third kappa shape index (κ3) is 4.42. The zero-order valence-corrected chi connectivity index (χ0v) is 19.9. The van der Waals surface area contributed by atoms with E-state index in [1.54, 1.807) is 34.7 Å². The Balaban J connectivity index is 1.46. The van der Waals surface area contributed by atoms with Crippen LogP contribution in [-0.2, 0) is 4.79 Å². The molecule has 0 unspecified atom stereocenters. The summed E-state index contributed by atoms with van der Waals surface area (Å²) in [4.78, 5) is 22.5. The normalized spacial score (nSPS) is 14.4. The van der Waals surface area contributed by atoms with Gasteiger partial charge in [-0.3, -0.25) is 4.79 Å². The summed E-state index contributed by atoms with van der Waals surface area (Å²) in [5, 5.41) is 26.6. The Morgan fingerprint density at radius 3 is 2.69 bits per heavy atom. The Bertz CT molecular complexity index is 1420. The van der Waals surface area contributed by atoms with Crippen LogP contribution in [-0.4, -0.2) is 64.7 Å². The third-order valence-electron chi connectivity index (χ3n) is 6.18. The van der Waals surface area contributed by atoms with Crippen molar-refractivity contribution < 1.29 is 4.79 Å². The van der Waals surface area contributed by atoms with Crippen LogP contribution in [0.1, 0.15) is 50.8 Å². The van der Waals surface area contributed by atoms with E-state index in [0.29, 0.717) is 17.0 Å². The van der Waals surface area contributed by atoms with Gasteiger partial charge >= 0.3 is 0 Å². The van der Waals surface area contributed by atoms with Gasteiger partial charge in [0.05, 0.1) is 35.5 Å². The molecule has 4 aromatic rings. The minimum atomic E-state index is 0.119. The molecular formula is C24H26N10O. The Morgan fingerprint density at radius 1 is 1.17 bits per heavy atom. The fourth-order valence-electron chi connectivity index (χ4n) is 4.38. The zero-order chi connectivity index (χ0) is 24.5. The van der Waals surface area contributed by atoms with E-state index in [0.717, 1.165) is 48.4 Å². The van der Waals surface area contributed by atoms with Crippen molar-refractivity contribution in [2.75, 3.05) is 18.4 Å². The Labute approximate surface area is 202 Å². The van der Waals surface area contributed by atoms with Crippen molar-refractivity contribution in [3.63, 3.8) is 0 Å². The van der Waals surface area contributed by atoms with E-state index in [2.05, 4.69) is 50.6 Å². The van der Waals surface area contributed by atoms with Crippen LogP contribution in [0.2, 0.25) is 0 Å². The quantitative estimate of drug-likeness (QED) is 0.471. The van der Waals surface area contributed by atoms with E-state index in [4.69, 9.17) is 5.26 Å². The van der Waals surface area contributed by atoms with E-state index in [1.165, 1.54) is 6.20 Å². The molecular weight excluding hydrogens is 444 g/mol. The summed E-state index contributed by atoms with van der Waals surface area (Å²) < 4.78 is 3.40. The van der Waals surface area contributed by atoms with Crippen molar-refractivity contribution in [2.45, 2.75) is 45.6 Å². The van der Waals surface area contributed by atoms with Crippen molar-refractivity contribution >= 4 is 22.6 Å². The molecule has 5 heterocycles. The van der Waals surface area contributed by atoms with Crippen molar-refractivity contribution in [3.8, 4) is 17.6 Å². The average molecular weight is 471 g/mol. The number of fused-ring (bicyclic) bond motifs is 1. The highest BCUT2D eigenvalue weighted by atomic mass is 16.2. The number of carbonyl (C=O) groups is 1. The number of likely N-dealkylation sites (tertiary alicyclic amines) is 1. The van der Waals surface area contributed by atoms with Crippen LogP contribution >= 0.6 is 0 Å². The highest BCUT2D eigenvalue weighted by Gasteiger charge is 2.24. The van der Waals surface area contributed by atoms with Gasteiger partial charge in [-0.1, -0.05) is 5.21 Å². The second-order valence-electron chi connectivity index (χ2n) is 9.03. The molecule has 0 aromatic carbocycles. The smallest absolute Gasteiger partial charge is 0.219 e. The molecule has 11 heteroatoms. The summed E-state index contributed by atoms with van der Waals surface area (Å²) in [7, 11) is 0. The molecule has 1 N–H and O–H groups in total. The lowest BCUT2D eigenvalue weighted by Crippen LogP contribution is -2.36. The Kier molecular flexibility index (Phi) is 5.86. The fourth-order valence-corrected chi connectivity index (χ4v) is 4.38. The number of carbonyl (C=O) groups excluding carboxylic acids is 1. The van der Waals surface area contributed by atoms with Crippen LogP contribution < -0.4 is 5.32 Å². The topological polar surface area (TPSA) is 130 Å². The summed E-state index contributed by atoms with van der Waals surface area (Å²) in [6, 6.07) is 5.94. The number of piperidine rings is 1. The van der Waals surface area contributed by atoms with Crippen LogP contribution in [0.15, 0.2) is 36.9 Å². The van der Waals surface area contributed by atoms with Crippen LogP contribution in [0.25, 0.3) is 22.5 Å². The average Bonchev–Trinajstić information content (AvgIpc) is 3.51. The predicted octanol–water partition coefficient (Wildman–Crippen LogP) is 2.81. The zero-order valence-electron chi connectivity index (χ0n) is 19.9. The van der Waals surface area contributed by atoms with E-state index in [9.17, 15) is 4.79 Å². The minimum Gasteiger partial charge on any atom is -0.381 e. The SMILES string of the molecule is CC(=O)N1CCC(c2cn(-c3cnc(-n4ncc5cc(C#N)cnc54)cc3NC(C)C)nn2)CC1. The summed E-state index contributed by atoms with van der Waals surface area (Å²) in [5.41, 5.74) is 3.64. The first kappa shape index (κ1) is 22.5. The molecule has 0 radical (unpaired) electrons. The van der Waals surface area contributed by atoms with Crippen molar-refractivity contribution in [3.05, 3.63) is 48.2 Å². The molecule has 35 heavy (non-hydrogen) atoms. The van der Waals surface area contributed by atoms with E-state index in [-0.39, 0.29) is 17.9 Å². The molecule has 0 saturated carbocycles. The number of nitrogens with one attached hydrogen (secondary N) is 1. The minimum absolute atomic E-state index is 0.119. The maximum Gasteiger partial charge on any atom is 0.219 e. The first-order valence-electron chi connectivity index (χ1n) is 11.6. The first-order chi connectivity index (χ1) is 16.9. The van der Waals surface area contributed by atoms with Gasteiger partial charge in [0.2, 0.25) is 5.91 Å². The van der Waals surface area contributed by atoms with Crippen molar-refractivity contribution in [1.82, 2.24) is 39.6 Å². The number of hydrogen-bond acceptors (Lipinski definition) is 8. The van der Waals surface area contributed by atoms with Crippen LogP contribution in [0, 0.1) is 11.3 Å². The number of rotatable bonds is 5. The third-order valence-corrected chi connectivity index (χ3v) is 6.18. The molecule has 0 atom stereocenters. The monoisotopic (exact) mass is 470 g/mol. The molecule has 0 spiro atoms. The molecule has 0 aliphatic carbocycles. The van der Waals surface area contributed by atoms with Crippen LogP contribution in [0.3, 0.4) is 0 Å². The first-order valence-corrected chi connectivity index (χ1v) is 11.6. The molecule has 1 aliphatic heterocycles. The largest absolute Gasteiger partial charge is 0.381 e. The molecule has 5 rings (SSSR count). The van der Waals surface area contributed by atoms with Gasteiger partial charge in [-0.25, -0.2) is 14.6 Å². The predicted molar refractivity (Wildman–Crippen MR) is 129 cm³/mol. The summed E-state index contributed by atoms with van der Waals surface area (Å²) >= 11 is 0. The second-order valence-corrected chi connectivity index (χ2v) is 9.03. The van der Waals surface area contributed by atoms with Crippen molar-refractivity contribution in [1.29, 1.82) is 5.26 Å². The van der Waals surface area contributed by atoms with Gasteiger partial charge < -0.3 is 10.2 Å². The van der Waals surface area contributed by atoms with Gasteiger partial charge in [-0.15, -0.1) is 5.10 Å². The number of amides is 1. The molecule has 178 valence electrons. The van der Waals surface area contributed by atoms with Crippen LogP contribution in [0.5, 0.6) is 0 Å². The van der Waals surface area contributed by atoms with Gasteiger partial charge in [0.15, 0.2) is 11.5 Å². The number of aromatic nitrogens is 7. The standard InChI is InChI=1S/C24H26N10O/c1-15(2)29-20-9-23(34-24-19(12-28-34)8-17(10-25)11-27-24)26-13-22(20)33-14-21(30-31-33)18-4-6-32(7-5-18)16(3)35/h8-9,11-15,18H,4-7H2,1-3H3,(H,26,29). The Hall–Kier alpha value is -4.33. The lowest BCUT2D eigenvalue weighted by atomic mass is 9.94. The summed E-state index contributed by atoms with van der Waals surface area (Å²) in [6.07, 6.45) is 8.65. The fraction of sp³-hybridized carbons (Fsp3) is 0.375. The molecule has 1 aliphatic rings. The highest BCUT2D eigenvalue weighted by molar-refractivity contribution is 5.77. The van der Waals surface area contributed by atoms with Crippen LogP contribution in [0.4, 0.5) is 5.69 Å². The van der Waals surface area contributed by atoms with Gasteiger partial charge in [0, 0.05) is 49.6 Å². The van der Waals surface area contributed by atoms with E-state index < -0.39 is 0 Å². The number of pyridine rings is 2. The van der Waals surface area contributed by atoms with Gasteiger partial charge in [-0.05, 0) is 32.8 Å². The molecule has 11 nitrogen and oxygen atoms in total. The summed E-state index contributed by atoms with van der Waals surface area (Å²) in [6.45, 7) is 7.22. The number of hydrogen-bond donors (Lipinski definition) is 1. The lowest BCUT2D eigenvalue weighted by molar-refractivity contribution is -0.129. The van der Waals surface area contributed by atoms with Gasteiger partial charge in [0.25, 0.3) is 0 Å². The molecule has 0 bridgehead atoms. The maximum atomic E-state index is 11.6. The maximum absolute atomic E-state index is 11.6. The van der Waals surface area contributed by atoms with E-state index in [1.807, 2.05) is 17.2 Å². The van der Waals surface area contributed by atoms with Gasteiger partial charge in [0.1, 0.15) is 11.8 Å². The highest BCUT2D eigenvalue weighted by Crippen LogP contribution is 2.29. The number of nitriles is 1. The number of anilines is 1. The van der Waals surface area contributed by atoms with E-state index >= 15 is 0 Å². The Morgan fingerprint density at radius 2 is 1.97 bits per heavy atom. The second kappa shape index (κ2) is 9.13. The lowest BCUT2D eigenvalue weighted by Gasteiger charge is -2.30. The molecule has 1 amide bonds. The molecule has 1 saturated heterocycles. The van der Waals surface area contributed by atoms with Gasteiger partial charge in [-0.2, -0.15) is 15.0 Å². The van der Waals surface area contributed by atoms with Crippen molar-refractivity contribution in [2.24, 2.45) is 0 Å². The summed E-state index contributed by atoms with van der Waals surface area (Å²) in [5.74, 6) is 0.988. The molecule has 1 fully saturated rings. The molecule has 4 aromatic heterocycles.